The summed E-state index contributed by atoms with van der Waals surface area (Å²) < 4.78 is 64.1. The van der Waals surface area contributed by atoms with Crippen molar-refractivity contribution in [3.8, 4) is 11.8 Å². The molecule has 21 nitrogen and oxygen atoms in total. The molecule has 0 saturated carbocycles. The number of aromatic nitrogens is 2. The first-order chi connectivity index (χ1) is 18.9. The second-order valence-corrected chi connectivity index (χ2v) is 12.8. The Morgan fingerprint density at radius 1 is 1.07 bits per heavy atom. The third-order valence-electron chi connectivity index (χ3n) is 5.42. The van der Waals surface area contributed by atoms with Crippen LogP contribution in [-0.4, -0.2) is 101 Å². The number of nitrogens with two attached hydrogens (primary N) is 2. The summed E-state index contributed by atoms with van der Waals surface area (Å²) in [6.45, 7) is -1.71. The lowest BCUT2D eigenvalue weighted by atomic mass is 10.1. The number of hydrogen-bond donors (Lipinski definition) is 9. The summed E-state index contributed by atoms with van der Waals surface area (Å²) in [5.41, 5.74) is 10.2. The fraction of sp³-hybridized carbons (Fsp3) is 0.647. The molecule has 1 aromatic heterocycles. The molecule has 2 aliphatic heterocycles. The number of anilines is 1. The smallest absolute Gasteiger partial charge is 0.394 e. The SMILES string of the molecule is NCC#Cc1cn([C@H]2CC(O[C@@H]3O[C@@H](CO)C(O)[C@@H]3O)[C@@H](COP(=O)(O)OP(=O)(O)OP(=O)(O)O)O2)c(=O)nc1N. The molecular weight excluding hydrogens is 625 g/mol. The zero-order chi connectivity index (χ0) is 30.8. The number of aliphatic hydroxyl groups excluding tert-OH is 3. The molecule has 2 aliphatic rings. The number of aliphatic hydroxyl groups is 3. The minimum absolute atomic E-state index is 0.0402. The quantitative estimate of drug-likeness (QED) is 0.0830. The summed E-state index contributed by atoms with van der Waals surface area (Å²) in [5.74, 6) is 4.92. The zero-order valence-electron chi connectivity index (χ0n) is 20.6. The van der Waals surface area contributed by atoms with E-state index in [1.165, 1.54) is 6.20 Å². The molecule has 0 bridgehead atoms. The van der Waals surface area contributed by atoms with Gasteiger partial charge in [0.2, 0.25) is 0 Å². The summed E-state index contributed by atoms with van der Waals surface area (Å²) >= 11 is 0. The Morgan fingerprint density at radius 3 is 2.34 bits per heavy atom. The van der Waals surface area contributed by atoms with Crippen molar-refractivity contribution in [2.75, 3.05) is 25.5 Å². The molecule has 0 aliphatic carbocycles. The van der Waals surface area contributed by atoms with E-state index >= 15 is 0 Å². The molecule has 0 amide bonds. The van der Waals surface area contributed by atoms with E-state index in [9.17, 15) is 43.6 Å². The maximum atomic E-state index is 12.6. The van der Waals surface area contributed by atoms with Gasteiger partial charge in [-0.1, -0.05) is 11.8 Å². The molecule has 3 rings (SSSR count). The Balaban J connectivity index is 1.84. The van der Waals surface area contributed by atoms with Crippen LogP contribution in [0.2, 0.25) is 0 Å². The molecule has 1 aromatic rings. The van der Waals surface area contributed by atoms with Gasteiger partial charge in [0.05, 0.1) is 31.4 Å². The van der Waals surface area contributed by atoms with Gasteiger partial charge in [-0.25, -0.2) is 18.5 Å². The lowest BCUT2D eigenvalue weighted by Gasteiger charge is -2.24. The van der Waals surface area contributed by atoms with Gasteiger partial charge in [-0.2, -0.15) is 13.6 Å². The van der Waals surface area contributed by atoms with E-state index in [4.69, 9.17) is 35.5 Å². The summed E-state index contributed by atoms with van der Waals surface area (Å²) in [6, 6.07) is 0. The molecule has 11 N–H and O–H groups in total. The molecule has 0 radical (unpaired) electrons. The molecule has 2 fully saturated rings. The van der Waals surface area contributed by atoms with Crippen LogP contribution in [0.5, 0.6) is 0 Å². The van der Waals surface area contributed by atoms with E-state index in [1.54, 1.807) is 0 Å². The normalized spacial score (nSPS) is 31.3. The Kier molecular flexibility index (Phi) is 11.0. The van der Waals surface area contributed by atoms with Crippen LogP contribution in [0.3, 0.4) is 0 Å². The molecule has 41 heavy (non-hydrogen) atoms. The van der Waals surface area contributed by atoms with Gasteiger partial charge in [-0.05, 0) is 0 Å². The van der Waals surface area contributed by atoms with Gasteiger partial charge in [0.25, 0.3) is 0 Å². The molecule has 0 spiro atoms. The van der Waals surface area contributed by atoms with Gasteiger partial charge in [0, 0.05) is 12.6 Å². The Morgan fingerprint density at radius 2 is 1.76 bits per heavy atom. The van der Waals surface area contributed by atoms with Gasteiger partial charge in [0.1, 0.15) is 36.5 Å². The number of phosphoric ester groups is 1. The summed E-state index contributed by atoms with van der Waals surface area (Å²) in [7, 11) is -17.0. The van der Waals surface area contributed by atoms with Crippen molar-refractivity contribution >= 4 is 29.3 Å². The summed E-state index contributed by atoms with van der Waals surface area (Å²) in [4.78, 5) is 52.7. The number of nitrogen functional groups attached to an aromatic ring is 1. The van der Waals surface area contributed by atoms with Crippen LogP contribution in [0, 0.1) is 11.8 Å². The first kappa shape index (κ1) is 33.9. The molecule has 9 atom stereocenters. The van der Waals surface area contributed by atoms with Crippen molar-refractivity contribution < 1.29 is 75.9 Å². The molecule has 232 valence electrons. The second kappa shape index (κ2) is 13.3. The zero-order valence-corrected chi connectivity index (χ0v) is 23.2. The van der Waals surface area contributed by atoms with Crippen molar-refractivity contribution in [1.82, 2.24) is 9.55 Å². The molecule has 2 saturated heterocycles. The molecule has 0 aromatic carbocycles. The summed E-state index contributed by atoms with van der Waals surface area (Å²) in [6.07, 6.45) is -9.02. The van der Waals surface area contributed by atoms with Crippen LogP contribution in [0.4, 0.5) is 5.82 Å². The average molecular weight is 652 g/mol. The van der Waals surface area contributed by atoms with Crippen LogP contribution >= 0.6 is 23.5 Å². The monoisotopic (exact) mass is 652 g/mol. The minimum Gasteiger partial charge on any atom is -0.394 e. The number of hydrogen-bond acceptors (Lipinski definition) is 16. The Labute approximate surface area is 230 Å². The molecule has 4 unspecified atom stereocenters. The van der Waals surface area contributed by atoms with E-state index in [0.29, 0.717) is 0 Å². The topological polar surface area (TPSA) is 335 Å². The minimum atomic E-state index is -5.81. The van der Waals surface area contributed by atoms with E-state index in [2.05, 4.69) is 30.0 Å². The van der Waals surface area contributed by atoms with Gasteiger partial charge in [-0.15, -0.1) is 0 Å². The first-order valence-corrected chi connectivity index (χ1v) is 15.8. The molecule has 3 heterocycles. The fourth-order valence-electron chi connectivity index (χ4n) is 3.72. The molecular formula is C17H27N4O17P3. The number of rotatable bonds is 11. The number of phosphoric acid groups is 3. The third kappa shape index (κ3) is 9.18. The highest BCUT2D eigenvalue weighted by Crippen LogP contribution is 2.66. The largest absolute Gasteiger partial charge is 0.490 e. The third-order valence-corrected chi connectivity index (χ3v) is 9.22. The number of ether oxygens (including phenoxy) is 3. The van der Waals surface area contributed by atoms with E-state index in [1.807, 2.05) is 0 Å². The molecule has 24 heteroatoms. The van der Waals surface area contributed by atoms with Gasteiger partial charge < -0.3 is 60.6 Å². The highest BCUT2D eigenvalue weighted by molar-refractivity contribution is 7.66. The first-order valence-electron chi connectivity index (χ1n) is 11.2. The van der Waals surface area contributed by atoms with E-state index in [0.717, 1.165) is 4.57 Å². The maximum Gasteiger partial charge on any atom is 0.490 e. The van der Waals surface area contributed by atoms with Crippen molar-refractivity contribution in [1.29, 1.82) is 0 Å². The van der Waals surface area contributed by atoms with E-state index in [-0.39, 0.29) is 24.3 Å². The van der Waals surface area contributed by atoms with Crippen LogP contribution < -0.4 is 17.2 Å². The predicted molar refractivity (Wildman–Crippen MR) is 130 cm³/mol. The highest BCUT2D eigenvalue weighted by Gasteiger charge is 2.48. The lowest BCUT2D eigenvalue weighted by molar-refractivity contribution is -0.204. The maximum absolute atomic E-state index is 12.6. The summed E-state index contributed by atoms with van der Waals surface area (Å²) in [5, 5.41) is 29.5. The van der Waals surface area contributed by atoms with Crippen LogP contribution in [0.15, 0.2) is 11.0 Å². The van der Waals surface area contributed by atoms with Gasteiger partial charge >= 0.3 is 29.2 Å². The van der Waals surface area contributed by atoms with Crippen LogP contribution in [0.25, 0.3) is 0 Å². The second-order valence-electron chi connectivity index (χ2n) is 8.37. The predicted octanol–water partition coefficient (Wildman–Crippen LogP) is -3.41. The van der Waals surface area contributed by atoms with Crippen molar-refractivity contribution in [2.45, 2.75) is 49.5 Å². The standard InChI is InChI=1S/C17H27N4O17P3/c18-3-1-2-8-5-21(17(25)20-15(8)19)12-4-9(35-16-14(24)13(23)10(6-22)36-16)11(34-12)7-33-40(29,30)38-41(31,32)37-39(26,27)28/h5,9-14,16,22-24H,3-4,6-7,18H2,(H,29,30)(H,31,32)(H2,19,20,25)(H2,26,27,28)/t9?,10-,11+,12+,13?,14-,16+/m0/s1. The highest BCUT2D eigenvalue weighted by atomic mass is 31.3. The van der Waals surface area contributed by atoms with Gasteiger partial charge in [0.15, 0.2) is 6.29 Å². The Hall–Kier alpha value is -1.63. The van der Waals surface area contributed by atoms with Crippen LogP contribution in [0.1, 0.15) is 18.2 Å². The Bertz CT molecular complexity index is 1360. The van der Waals surface area contributed by atoms with Crippen molar-refractivity contribution in [3.05, 3.63) is 22.2 Å². The number of nitrogens with zero attached hydrogens (tertiary/aromatic N) is 2. The van der Waals surface area contributed by atoms with Gasteiger partial charge in [-0.3, -0.25) is 9.09 Å². The van der Waals surface area contributed by atoms with E-state index < -0.39 is 85.4 Å². The van der Waals surface area contributed by atoms with Crippen LogP contribution in [-0.2, 0) is 41.1 Å². The lowest BCUT2D eigenvalue weighted by Crippen LogP contribution is -2.39. The fourth-order valence-corrected chi connectivity index (χ4v) is 6.75. The van der Waals surface area contributed by atoms with Crippen molar-refractivity contribution in [2.24, 2.45) is 5.73 Å². The van der Waals surface area contributed by atoms with Crippen molar-refractivity contribution in [3.63, 3.8) is 0 Å². The average Bonchev–Trinajstić information content (AvgIpc) is 3.35.